The molecule has 8 nitrogen and oxygen atoms in total. The molecular weight excluding hydrogens is 490 g/mol. The molecule has 1 aliphatic heterocycles. The van der Waals surface area contributed by atoms with Crippen LogP contribution in [-0.2, 0) is 14.8 Å². The van der Waals surface area contributed by atoms with E-state index in [0.29, 0.717) is 31.9 Å². The summed E-state index contributed by atoms with van der Waals surface area (Å²) in [5.74, 6) is 1.39. The second-order valence-corrected chi connectivity index (χ2v) is 10.9. The van der Waals surface area contributed by atoms with Gasteiger partial charge in [-0.05, 0) is 54.1 Å². The quantitative estimate of drug-likeness (QED) is 0.425. The van der Waals surface area contributed by atoms with Crippen molar-refractivity contribution in [3.63, 3.8) is 0 Å². The lowest BCUT2D eigenvalue weighted by Gasteiger charge is -2.37. The van der Waals surface area contributed by atoms with Crippen molar-refractivity contribution < 1.29 is 22.7 Å². The lowest BCUT2D eigenvalue weighted by atomic mass is 10.0. The number of piperazine rings is 1. The van der Waals surface area contributed by atoms with Crippen molar-refractivity contribution >= 4 is 21.6 Å². The molecule has 0 radical (unpaired) electrons. The molecule has 0 saturated carbocycles. The number of sulfonamides is 1. The molecule has 196 valence electrons. The third-order valence-electron chi connectivity index (χ3n) is 6.80. The summed E-state index contributed by atoms with van der Waals surface area (Å²) in [5.41, 5.74) is 1.81. The average molecular weight is 524 g/mol. The molecule has 9 heteroatoms. The Morgan fingerprint density at radius 2 is 1.38 bits per heavy atom. The number of carbonyl (C=O) groups excluding carboxylic acids is 1. The normalized spacial score (nSPS) is 14.9. The van der Waals surface area contributed by atoms with E-state index in [0.717, 1.165) is 17.0 Å². The van der Waals surface area contributed by atoms with E-state index in [1.54, 1.807) is 56.7 Å². The molecule has 1 fully saturated rings. The summed E-state index contributed by atoms with van der Waals surface area (Å²) in [6.07, 6.45) is 0.0391. The van der Waals surface area contributed by atoms with Crippen molar-refractivity contribution in [2.24, 2.45) is 0 Å². The molecule has 1 atom stereocenters. The van der Waals surface area contributed by atoms with E-state index in [9.17, 15) is 13.2 Å². The van der Waals surface area contributed by atoms with Gasteiger partial charge in [0.1, 0.15) is 11.5 Å². The van der Waals surface area contributed by atoms with Crippen LogP contribution in [-0.4, -0.2) is 71.0 Å². The fourth-order valence-electron chi connectivity index (χ4n) is 4.51. The Labute approximate surface area is 219 Å². The minimum Gasteiger partial charge on any atom is -0.497 e. The van der Waals surface area contributed by atoms with E-state index < -0.39 is 16.1 Å². The zero-order valence-electron chi connectivity index (χ0n) is 21.4. The summed E-state index contributed by atoms with van der Waals surface area (Å²) in [7, 11) is 0.935. The zero-order valence-corrected chi connectivity index (χ0v) is 22.2. The fraction of sp³-hybridized carbons (Fsp3) is 0.321. The standard InChI is InChI=1S/C28H33N3O5S/c1-29(37(33,34)26-7-5-4-6-8-26)27(22-9-13-24(35-2)14-10-22)21-28(32)31-19-17-30(18-20-31)23-11-15-25(36-3)16-12-23/h4-16,27H,17-21H2,1-3H3/t27-/m1/s1. The van der Waals surface area contributed by atoms with E-state index in [4.69, 9.17) is 9.47 Å². The Balaban J connectivity index is 1.50. The van der Waals surface area contributed by atoms with Crippen LogP contribution in [0.15, 0.2) is 83.8 Å². The highest BCUT2D eigenvalue weighted by molar-refractivity contribution is 7.89. The van der Waals surface area contributed by atoms with Gasteiger partial charge in [0.05, 0.1) is 25.2 Å². The van der Waals surface area contributed by atoms with Gasteiger partial charge in [0.25, 0.3) is 0 Å². The largest absolute Gasteiger partial charge is 0.497 e. The molecule has 1 aliphatic rings. The third-order valence-corrected chi connectivity index (χ3v) is 8.68. The first-order chi connectivity index (χ1) is 17.8. The predicted octanol–water partition coefficient (Wildman–Crippen LogP) is 3.80. The molecule has 37 heavy (non-hydrogen) atoms. The van der Waals surface area contributed by atoms with Crippen molar-refractivity contribution in [1.82, 2.24) is 9.21 Å². The van der Waals surface area contributed by atoms with Gasteiger partial charge in [0.2, 0.25) is 15.9 Å². The van der Waals surface area contributed by atoms with Crippen LogP contribution in [0.2, 0.25) is 0 Å². The van der Waals surface area contributed by atoms with E-state index >= 15 is 0 Å². The number of hydrogen-bond acceptors (Lipinski definition) is 6. The maximum atomic E-state index is 13.4. The van der Waals surface area contributed by atoms with Gasteiger partial charge >= 0.3 is 0 Å². The van der Waals surface area contributed by atoms with Gasteiger partial charge in [-0.2, -0.15) is 4.31 Å². The minimum absolute atomic E-state index is 0.0391. The molecule has 1 heterocycles. The number of rotatable bonds is 9. The molecule has 3 aromatic rings. The number of carbonyl (C=O) groups is 1. The molecule has 0 unspecified atom stereocenters. The first-order valence-corrected chi connectivity index (χ1v) is 13.6. The van der Waals surface area contributed by atoms with Crippen molar-refractivity contribution in [3.8, 4) is 11.5 Å². The highest BCUT2D eigenvalue weighted by Gasteiger charge is 2.33. The second-order valence-electron chi connectivity index (χ2n) is 8.89. The van der Waals surface area contributed by atoms with Crippen LogP contribution in [0.3, 0.4) is 0 Å². The fourth-order valence-corrected chi connectivity index (χ4v) is 5.88. The van der Waals surface area contributed by atoms with Crippen LogP contribution in [0.5, 0.6) is 11.5 Å². The summed E-state index contributed by atoms with van der Waals surface area (Å²) in [5, 5.41) is 0. The molecule has 4 rings (SSSR count). The van der Waals surface area contributed by atoms with Crippen LogP contribution in [0, 0.1) is 0 Å². The lowest BCUT2D eigenvalue weighted by molar-refractivity contribution is -0.132. The van der Waals surface area contributed by atoms with E-state index in [1.165, 1.54) is 11.4 Å². The maximum absolute atomic E-state index is 13.4. The van der Waals surface area contributed by atoms with Gasteiger partial charge in [-0.15, -0.1) is 0 Å². The van der Waals surface area contributed by atoms with Gasteiger partial charge in [0.15, 0.2) is 0 Å². The van der Waals surface area contributed by atoms with E-state index in [2.05, 4.69) is 4.90 Å². The SMILES string of the molecule is COc1ccc([C@@H](CC(=O)N2CCN(c3ccc(OC)cc3)CC2)N(C)S(=O)(=O)c2ccccc2)cc1. The van der Waals surface area contributed by atoms with E-state index in [1.807, 2.05) is 41.3 Å². The average Bonchev–Trinajstić information content (AvgIpc) is 2.96. The molecule has 1 amide bonds. The van der Waals surface area contributed by atoms with Crippen LogP contribution in [0.4, 0.5) is 5.69 Å². The van der Waals surface area contributed by atoms with Gasteiger partial charge in [0, 0.05) is 45.3 Å². The Bertz CT molecular complexity index is 1270. The third kappa shape index (κ3) is 6.06. The summed E-state index contributed by atoms with van der Waals surface area (Å²) in [6, 6.07) is 22.7. The van der Waals surface area contributed by atoms with Crippen LogP contribution in [0.1, 0.15) is 18.0 Å². The first-order valence-electron chi connectivity index (χ1n) is 12.2. The summed E-state index contributed by atoms with van der Waals surface area (Å²) < 4.78 is 38.7. The highest BCUT2D eigenvalue weighted by atomic mass is 32.2. The minimum atomic E-state index is -3.82. The molecule has 1 saturated heterocycles. The molecule has 0 bridgehead atoms. The molecule has 0 N–H and O–H groups in total. The molecule has 0 aliphatic carbocycles. The van der Waals surface area contributed by atoms with Crippen molar-refractivity contribution in [2.75, 3.05) is 52.3 Å². The monoisotopic (exact) mass is 523 g/mol. The van der Waals surface area contributed by atoms with Crippen LogP contribution >= 0.6 is 0 Å². The highest BCUT2D eigenvalue weighted by Crippen LogP contribution is 2.31. The number of ether oxygens (including phenoxy) is 2. The Morgan fingerprint density at radius 3 is 1.92 bits per heavy atom. The lowest BCUT2D eigenvalue weighted by Crippen LogP contribution is -2.49. The van der Waals surface area contributed by atoms with Gasteiger partial charge in [-0.3, -0.25) is 4.79 Å². The summed E-state index contributed by atoms with van der Waals surface area (Å²) >= 11 is 0. The Hall–Kier alpha value is -3.56. The molecule has 0 spiro atoms. The number of anilines is 1. The van der Waals surface area contributed by atoms with Crippen molar-refractivity contribution in [1.29, 1.82) is 0 Å². The number of hydrogen-bond donors (Lipinski definition) is 0. The van der Waals surface area contributed by atoms with E-state index in [-0.39, 0.29) is 17.2 Å². The summed E-state index contributed by atoms with van der Waals surface area (Å²) in [6.45, 7) is 2.53. The number of amides is 1. The molecule has 3 aromatic carbocycles. The number of methoxy groups -OCH3 is 2. The number of benzene rings is 3. The van der Waals surface area contributed by atoms with Crippen molar-refractivity contribution in [2.45, 2.75) is 17.4 Å². The number of nitrogens with zero attached hydrogens (tertiary/aromatic N) is 3. The predicted molar refractivity (Wildman–Crippen MR) is 144 cm³/mol. The van der Waals surface area contributed by atoms with Gasteiger partial charge in [-0.25, -0.2) is 8.42 Å². The second kappa shape index (κ2) is 11.7. The maximum Gasteiger partial charge on any atom is 0.243 e. The Morgan fingerprint density at radius 1 is 0.838 bits per heavy atom. The van der Waals surface area contributed by atoms with Crippen molar-refractivity contribution in [3.05, 3.63) is 84.4 Å². The van der Waals surface area contributed by atoms with Crippen LogP contribution < -0.4 is 14.4 Å². The summed E-state index contributed by atoms with van der Waals surface area (Å²) in [4.78, 5) is 17.7. The van der Waals surface area contributed by atoms with Crippen LogP contribution in [0.25, 0.3) is 0 Å². The topological polar surface area (TPSA) is 79.4 Å². The Kier molecular flexibility index (Phi) is 8.35. The zero-order chi connectivity index (χ0) is 26.4. The van der Waals surface area contributed by atoms with Gasteiger partial charge in [-0.1, -0.05) is 30.3 Å². The smallest absolute Gasteiger partial charge is 0.243 e. The van der Waals surface area contributed by atoms with Gasteiger partial charge < -0.3 is 19.3 Å². The molecule has 0 aromatic heterocycles. The first kappa shape index (κ1) is 26.5. The molecular formula is C28H33N3O5S.